The Bertz CT molecular complexity index is 918. The van der Waals surface area contributed by atoms with Crippen LogP contribution in [0.25, 0.3) is 11.1 Å². The second kappa shape index (κ2) is 7.80. The number of pyridine rings is 1. The van der Waals surface area contributed by atoms with Crippen molar-refractivity contribution >= 4 is 5.71 Å². The van der Waals surface area contributed by atoms with Gasteiger partial charge in [-0.1, -0.05) is 36.8 Å². The van der Waals surface area contributed by atoms with Gasteiger partial charge in [0.1, 0.15) is 18.4 Å². The summed E-state index contributed by atoms with van der Waals surface area (Å²) in [6.07, 6.45) is 6.55. The summed E-state index contributed by atoms with van der Waals surface area (Å²) in [5.74, 6) is 0.668. The van der Waals surface area contributed by atoms with Gasteiger partial charge in [-0.05, 0) is 42.0 Å². The maximum absolute atomic E-state index is 6.39. The molecule has 0 bridgehead atoms. The van der Waals surface area contributed by atoms with Crippen LogP contribution in [0.4, 0.5) is 0 Å². The van der Waals surface area contributed by atoms with Crippen molar-refractivity contribution in [1.29, 1.82) is 0 Å². The first-order valence-corrected chi connectivity index (χ1v) is 10.2. The summed E-state index contributed by atoms with van der Waals surface area (Å²) in [6, 6.07) is 10.5. The molecule has 2 aromatic rings. The Balaban J connectivity index is 1.73. The van der Waals surface area contributed by atoms with Crippen molar-refractivity contribution in [2.24, 2.45) is 15.4 Å². The third kappa shape index (κ3) is 3.33. The van der Waals surface area contributed by atoms with E-state index in [0.29, 0.717) is 19.0 Å². The number of aryl methyl sites for hydroxylation is 1. The number of hydrogen-bond acceptors (Lipinski definition) is 6. The lowest BCUT2D eigenvalue weighted by Gasteiger charge is -2.22. The topological polar surface area (TPSA) is 68.4 Å². The Morgan fingerprint density at radius 3 is 2.68 bits per heavy atom. The average molecular weight is 376 g/mol. The fourth-order valence-electron chi connectivity index (χ4n) is 4.28. The van der Waals surface area contributed by atoms with E-state index in [1.54, 1.807) is 0 Å². The Labute approximate surface area is 164 Å². The van der Waals surface area contributed by atoms with Crippen LogP contribution in [0.15, 0.2) is 45.8 Å². The summed E-state index contributed by atoms with van der Waals surface area (Å²) in [7, 11) is 0. The van der Waals surface area contributed by atoms with Crippen LogP contribution >= 0.6 is 0 Å². The van der Waals surface area contributed by atoms with Crippen molar-refractivity contribution in [3.8, 4) is 17.0 Å². The molecule has 1 fully saturated rings. The van der Waals surface area contributed by atoms with Crippen LogP contribution in [0.2, 0.25) is 0 Å². The molecule has 0 N–H and O–H groups in total. The minimum absolute atomic E-state index is 0.0367. The molecule has 0 spiro atoms. The molecule has 1 aromatic carbocycles. The van der Waals surface area contributed by atoms with Gasteiger partial charge in [0.15, 0.2) is 0 Å². The molecule has 1 atom stereocenters. The second-order valence-corrected chi connectivity index (χ2v) is 7.56. The molecule has 1 aromatic heterocycles. The first-order valence-electron chi connectivity index (χ1n) is 10.2. The molecule has 28 heavy (non-hydrogen) atoms. The van der Waals surface area contributed by atoms with E-state index >= 15 is 0 Å². The summed E-state index contributed by atoms with van der Waals surface area (Å²) in [6.45, 7) is 1.82. The van der Waals surface area contributed by atoms with E-state index in [1.165, 1.54) is 41.6 Å². The van der Waals surface area contributed by atoms with Gasteiger partial charge >= 0.3 is 0 Å². The maximum Gasteiger partial charge on any atom is 0.224 e. The zero-order valence-corrected chi connectivity index (χ0v) is 15.9. The monoisotopic (exact) mass is 376 g/mol. The van der Waals surface area contributed by atoms with Gasteiger partial charge in [0.25, 0.3) is 0 Å². The summed E-state index contributed by atoms with van der Waals surface area (Å²) >= 11 is 0. The minimum Gasteiger partial charge on any atom is -0.471 e. The highest BCUT2D eigenvalue weighted by molar-refractivity contribution is 6.10. The maximum atomic E-state index is 6.39. The number of fused-ring (bicyclic) bond motifs is 1. The molecule has 0 unspecified atom stereocenters. The van der Waals surface area contributed by atoms with Crippen molar-refractivity contribution in [3.05, 3.63) is 47.2 Å². The van der Waals surface area contributed by atoms with E-state index in [4.69, 9.17) is 14.5 Å². The smallest absolute Gasteiger partial charge is 0.224 e. The molecule has 3 aliphatic rings. The normalized spacial score (nSPS) is 21.3. The van der Waals surface area contributed by atoms with Crippen LogP contribution in [0.1, 0.15) is 42.5 Å². The van der Waals surface area contributed by atoms with E-state index in [1.807, 2.05) is 6.07 Å². The van der Waals surface area contributed by atoms with Gasteiger partial charge in [-0.15, -0.1) is 5.10 Å². The summed E-state index contributed by atoms with van der Waals surface area (Å²) in [5, 5.41) is 12.3. The quantitative estimate of drug-likeness (QED) is 0.745. The van der Waals surface area contributed by atoms with Gasteiger partial charge in [-0.3, -0.25) is 0 Å². The third-order valence-electron chi connectivity index (χ3n) is 5.66. The SMILES string of the molecule is c1ccc(-c2c3c(nc(O[C@@H]4CCOC4)c2C2=NN=NC2)CCCCC3)cc1. The van der Waals surface area contributed by atoms with Gasteiger partial charge in [-0.2, -0.15) is 5.11 Å². The molecule has 6 heteroatoms. The fraction of sp³-hybridized carbons (Fsp3) is 0.455. The van der Waals surface area contributed by atoms with E-state index in [-0.39, 0.29) is 6.10 Å². The van der Waals surface area contributed by atoms with Crippen LogP contribution in [0.3, 0.4) is 0 Å². The van der Waals surface area contributed by atoms with Crippen LogP contribution in [-0.2, 0) is 17.6 Å². The highest BCUT2D eigenvalue weighted by atomic mass is 16.5. The number of aromatic nitrogens is 1. The first-order chi connectivity index (χ1) is 13.9. The van der Waals surface area contributed by atoms with Crippen molar-refractivity contribution in [2.75, 3.05) is 19.8 Å². The predicted octanol–water partition coefficient (Wildman–Crippen LogP) is 4.36. The first kappa shape index (κ1) is 17.5. The van der Waals surface area contributed by atoms with Crippen molar-refractivity contribution in [1.82, 2.24) is 4.98 Å². The van der Waals surface area contributed by atoms with Crippen LogP contribution < -0.4 is 4.74 Å². The standard InChI is InChI=1S/C22H24N4O2/c1-3-7-15(8-4-1)20-17-9-5-2-6-10-18(17)24-22(28-16-11-12-27-14-16)21(20)19-13-23-26-25-19/h1,3-4,7-8,16H,2,5-6,9-14H2/t16-/m1/s1. The Morgan fingerprint density at radius 1 is 1.00 bits per heavy atom. The zero-order valence-electron chi connectivity index (χ0n) is 15.9. The van der Waals surface area contributed by atoms with E-state index in [2.05, 4.69) is 39.7 Å². The van der Waals surface area contributed by atoms with Crippen molar-refractivity contribution in [2.45, 2.75) is 44.6 Å². The van der Waals surface area contributed by atoms with E-state index in [0.717, 1.165) is 37.1 Å². The molecular weight excluding hydrogens is 352 g/mol. The Kier molecular flexibility index (Phi) is 4.87. The fourth-order valence-corrected chi connectivity index (χ4v) is 4.28. The van der Waals surface area contributed by atoms with Gasteiger partial charge in [-0.25, -0.2) is 4.98 Å². The van der Waals surface area contributed by atoms with Gasteiger partial charge in [0.2, 0.25) is 5.88 Å². The van der Waals surface area contributed by atoms with Crippen molar-refractivity contribution in [3.63, 3.8) is 0 Å². The molecule has 6 nitrogen and oxygen atoms in total. The number of nitrogens with zero attached hydrogens (tertiary/aromatic N) is 4. The molecule has 0 radical (unpaired) electrons. The molecule has 0 saturated carbocycles. The number of ether oxygens (including phenoxy) is 2. The molecule has 0 amide bonds. The minimum atomic E-state index is 0.0367. The zero-order chi connectivity index (χ0) is 18.8. The van der Waals surface area contributed by atoms with E-state index in [9.17, 15) is 0 Å². The molecule has 144 valence electrons. The van der Waals surface area contributed by atoms with Gasteiger partial charge in [0.05, 0.1) is 18.8 Å². The predicted molar refractivity (Wildman–Crippen MR) is 107 cm³/mol. The number of benzene rings is 1. The van der Waals surface area contributed by atoms with Crippen LogP contribution in [0, 0.1) is 0 Å². The average Bonchev–Trinajstić information content (AvgIpc) is 3.39. The third-order valence-corrected chi connectivity index (χ3v) is 5.66. The largest absolute Gasteiger partial charge is 0.471 e. The lowest BCUT2D eigenvalue weighted by molar-refractivity contribution is 0.137. The molecule has 2 aliphatic heterocycles. The number of hydrogen-bond donors (Lipinski definition) is 0. The number of rotatable bonds is 4. The van der Waals surface area contributed by atoms with E-state index < -0.39 is 0 Å². The van der Waals surface area contributed by atoms with Crippen molar-refractivity contribution < 1.29 is 9.47 Å². The van der Waals surface area contributed by atoms with Crippen LogP contribution in [-0.4, -0.2) is 36.6 Å². The molecule has 1 saturated heterocycles. The summed E-state index contributed by atoms with van der Waals surface area (Å²) in [4.78, 5) is 5.03. The van der Waals surface area contributed by atoms with Gasteiger partial charge < -0.3 is 9.47 Å². The molecule has 5 rings (SSSR count). The highest BCUT2D eigenvalue weighted by Gasteiger charge is 2.29. The molecule has 3 heterocycles. The Morgan fingerprint density at radius 2 is 1.89 bits per heavy atom. The lowest BCUT2D eigenvalue weighted by Crippen LogP contribution is -2.21. The highest BCUT2D eigenvalue weighted by Crippen LogP contribution is 2.39. The molecule has 1 aliphatic carbocycles. The second-order valence-electron chi connectivity index (χ2n) is 7.56. The van der Waals surface area contributed by atoms with Crippen LogP contribution in [0.5, 0.6) is 5.88 Å². The summed E-state index contributed by atoms with van der Waals surface area (Å²) in [5.41, 5.74) is 6.69. The molecular formula is C22H24N4O2. The Hall–Kier alpha value is -2.60. The van der Waals surface area contributed by atoms with Gasteiger partial charge in [0, 0.05) is 17.7 Å². The lowest BCUT2D eigenvalue weighted by atomic mass is 9.89. The summed E-state index contributed by atoms with van der Waals surface area (Å²) < 4.78 is 11.9.